The van der Waals surface area contributed by atoms with Crippen molar-refractivity contribution in [1.29, 1.82) is 0 Å². The Hall–Kier alpha value is -0.150. The molecule has 11 heavy (non-hydrogen) atoms. The van der Waals surface area contributed by atoms with Crippen molar-refractivity contribution in [3.05, 3.63) is 29.3 Å². The van der Waals surface area contributed by atoms with Gasteiger partial charge in [-0.15, -0.1) is 24.8 Å². The Balaban J connectivity index is 0. The Kier molecular flexibility index (Phi) is 8.01. The van der Waals surface area contributed by atoms with Gasteiger partial charge in [0.25, 0.3) is 0 Å². The SMILES string of the molecule is Cl.Cl.NNc1cccc(Cl)c1. The average molecular weight is 216 g/mol. The molecule has 0 aromatic heterocycles. The van der Waals surface area contributed by atoms with Gasteiger partial charge in [0, 0.05) is 10.7 Å². The van der Waals surface area contributed by atoms with E-state index >= 15 is 0 Å². The van der Waals surface area contributed by atoms with Crippen LogP contribution in [0.15, 0.2) is 24.3 Å². The number of nitrogens with one attached hydrogen (secondary N) is 1. The van der Waals surface area contributed by atoms with Crippen molar-refractivity contribution >= 4 is 42.1 Å². The summed E-state index contributed by atoms with van der Waals surface area (Å²) in [6.07, 6.45) is 0. The summed E-state index contributed by atoms with van der Waals surface area (Å²) in [5.74, 6) is 5.11. The summed E-state index contributed by atoms with van der Waals surface area (Å²) in [5.41, 5.74) is 3.31. The lowest BCUT2D eigenvalue weighted by Crippen LogP contribution is -2.05. The summed E-state index contributed by atoms with van der Waals surface area (Å²) in [6, 6.07) is 7.22. The zero-order valence-corrected chi connectivity index (χ0v) is 7.97. The first-order valence-corrected chi connectivity index (χ1v) is 2.93. The van der Waals surface area contributed by atoms with Gasteiger partial charge in [-0.3, -0.25) is 5.84 Å². The van der Waals surface area contributed by atoms with Crippen molar-refractivity contribution in [1.82, 2.24) is 0 Å². The molecule has 0 radical (unpaired) electrons. The summed E-state index contributed by atoms with van der Waals surface area (Å²) in [5, 5.41) is 0.686. The molecule has 0 saturated carbocycles. The van der Waals surface area contributed by atoms with Gasteiger partial charge in [-0.25, -0.2) is 0 Å². The van der Waals surface area contributed by atoms with E-state index in [0.29, 0.717) is 5.02 Å². The molecule has 0 amide bonds. The van der Waals surface area contributed by atoms with E-state index in [2.05, 4.69) is 5.43 Å². The number of hydrazine groups is 1. The number of nitrogens with two attached hydrogens (primary N) is 1. The molecule has 3 N–H and O–H groups in total. The first-order chi connectivity index (χ1) is 4.33. The van der Waals surface area contributed by atoms with Crippen LogP contribution in [-0.4, -0.2) is 0 Å². The van der Waals surface area contributed by atoms with Crippen LogP contribution in [0.4, 0.5) is 5.69 Å². The van der Waals surface area contributed by atoms with Gasteiger partial charge >= 0.3 is 0 Å². The molecule has 0 saturated heterocycles. The molecule has 0 spiro atoms. The van der Waals surface area contributed by atoms with Crippen LogP contribution in [-0.2, 0) is 0 Å². The predicted octanol–water partition coefficient (Wildman–Crippen LogP) is 2.47. The number of hydrogen-bond acceptors (Lipinski definition) is 2. The minimum Gasteiger partial charge on any atom is -0.324 e. The lowest BCUT2D eigenvalue weighted by Gasteiger charge is -1.96. The highest BCUT2D eigenvalue weighted by atomic mass is 35.5. The highest BCUT2D eigenvalue weighted by molar-refractivity contribution is 6.30. The van der Waals surface area contributed by atoms with Gasteiger partial charge in [0.15, 0.2) is 0 Å². The second-order valence-corrected chi connectivity index (χ2v) is 2.09. The van der Waals surface area contributed by atoms with Crippen LogP contribution in [0.3, 0.4) is 0 Å². The van der Waals surface area contributed by atoms with E-state index in [9.17, 15) is 0 Å². The van der Waals surface area contributed by atoms with Gasteiger partial charge in [-0.1, -0.05) is 17.7 Å². The number of halogens is 3. The summed E-state index contributed by atoms with van der Waals surface area (Å²) >= 11 is 5.63. The molecule has 1 aromatic carbocycles. The monoisotopic (exact) mass is 214 g/mol. The minimum absolute atomic E-state index is 0. The second kappa shape index (κ2) is 6.55. The molecule has 0 bridgehead atoms. The van der Waals surface area contributed by atoms with Gasteiger partial charge in [-0.2, -0.15) is 0 Å². The summed E-state index contributed by atoms with van der Waals surface area (Å²) in [7, 11) is 0. The minimum atomic E-state index is 0. The zero-order valence-electron chi connectivity index (χ0n) is 5.58. The summed E-state index contributed by atoms with van der Waals surface area (Å²) in [6.45, 7) is 0. The Morgan fingerprint density at radius 3 is 2.27 bits per heavy atom. The number of nitrogen functional groups attached to an aromatic ring is 1. The molecule has 0 heterocycles. The van der Waals surface area contributed by atoms with E-state index in [-0.39, 0.29) is 24.8 Å². The van der Waals surface area contributed by atoms with Gasteiger partial charge in [0.1, 0.15) is 0 Å². The summed E-state index contributed by atoms with van der Waals surface area (Å²) < 4.78 is 0. The van der Waals surface area contributed by atoms with Gasteiger partial charge in [0.2, 0.25) is 0 Å². The van der Waals surface area contributed by atoms with E-state index in [1.165, 1.54) is 0 Å². The molecule has 0 unspecified atom stereocenters. The molecule has 5 heteroatoms. The largest absolute Gasteiger partial charge is 0.324 e. The van der Waals surface area contributed by atoms with Crippen LogP contribution in [0.25, 0.3) is 0 Å². The lowest BCUT2D eigenvalue weighted by molar-refractivity contribution is 1.35. The maximum Gasteiger partial charge on any atom is 0.0499 e. The maximum absolute atomic E-state index is 5.63. The fraction of sp³-hybridized carbons (Fsp3) is 0. The smallest absolute Gasteiger partial charge is 0.0499 e. The highest BCUT2D eigenvalue weighted by Crippen LogP contribution is 2.12. The van der Waals surface area contributed by atoms with E-state index < -0.39 is 0 Å². The number of hydrogen-bond donors (Lipinski definition) is 2. The zero-order chi connectivity index (χ0) is 6.69. The molecule has 2 nitrogen and oxygen atoms in total. The van der Waals surface area contributed by atoms with E-state index in [4.69, 9.17) is 17.4 Å². The number of rotatable bonds is 1. The first kappa shape index (κ1) is 13.4. The third kappa shape index (κ3) is 4.32. The van der Waals surface area contributed by atoms with Crippen LogP contribution in [0.2, 0.25) is 5.02 Å². The molecule has 0 aliphatic heterocycles. The molecular formula is C6H9Cl3N2. The Bertz CT molecular complexity index is 205. The molecule has 0 aliphatic carbocycles. The van der Waals surface area contributed by atoms with E-state index in [0.717, 1.165) is 5.69 Å². The lowest BCUT2D eigenvalue weighted by atomic mass is 10.3. The topological polar surface area (TPSA) is 38.0 Å². The number of anilines is 1. The van der Waals surface area contributed by atoms with Gasteiger partial charge < -0.3 is 5.43 Å². The second-order valence-electron chi connectivity index (χ2n) is 1.65. The Labute approximate surface area is 82.9 Å². The van der Waals surface area contributed by atoms with Crippen molar-refractivity contribution in [2.24, 2.45) is 5.84 Å². The molecule has 0 atom stereocenters. The Morgan fingerprint density at radius 2 is 1.91 bits per heavy atom. The fourth-order valence-corrected chi connectivity index (χ4v) is 0.769. The third-order valence-corrected chi connectivity index (χ3v) is 1.23. The molecule has 1 rings (SSSR count). The van der Waals surface area contributed by atoms with Crippen molar-refractivity contribution in [3.63, 3.8) is 0 Å². The first-order valence-electron chi connectivity index (χ1n) is 2.55. The molecular weight excluding hydrogens is 206 g/mol. The molecule has 1 aromatic rings. The third-order valence-electron chi connectivity index (χ3n) is 0.991. The van der Waals surface area contributed by atoms with Gasteiger partial charge in [0.05, 0.1) is 0 Å². The maximum atomic E-state index is 5.63. The van der Waals surface area contributed by atoms with Crippen LogP contribution in [0.1, 0.15) is 0 Å². The van der Waals surface area contributed by atoms with Crippen molar-refractivity contribution in [2.75, 3.05) is 5.43 Å². The van der Waals surface area contributed by atoms with Crippen molar-refractivity contribution in [2.45, 2.75) is 0 Å². The quantitative estimate of drug-likeness (QED) is 0.558. The average Bonchev–Trinajstić information content (AvgIpc) is 1.88. The fourth-order valence-electron chi connectivity index (χ4n) is 0.578. The normalized spacial score (nSPS) is 7.45. The number of benzene rings is 1. The van der Waals surface area contributed by atoms with Crippen LogP contribution in [0, 0.1) is 0 Å². The van der Waals surface area contributed by atoms with Crippen LogP contribution < -0.4 is 11.3 Å². The highest BCUT2D eigenvalue weighted by Gasteiger charge is 1.87. The van der Waals surface area contributed by atoms with Crippen molar-refractivity contribution in [3.8, 4) is 0 Å². The van der Waals surface area contributed by atoms with Crippen LogP contribution >= 0.6 is 36.4 Å². The van der Waals surface area contributed by atoms with E-state index in [1.807, 2.05) is 12.1 Å². The molecule has 64 valence electrons. The van der Waals surface area contributed by atoms with Gasteiger partial charge in [-0.05, 0) is 18.2 Å². The van der Waals surface area contributed by atoms with Crippen LogP contribution in [0.5, 0.6) is 0 Å². The Morgan fingerprint density at radius 1 is 1.27 bits per heavy atom. The summed E-state index contributed by atoms with van der Waals surface area (Å²) in [4.78, 5) is 0. The standard InChI is InChI=1S/C6H7ClN2.2ClH/c7-5-2-1-3-6(4-5)9-8;;/h1-4,9H,8H2;2*1H. The van der Waals surface area contributed by atoms with E-state index in [1.54, 1.807) is 12.1 Å². The van der Waals surface area contributed by atoms with Crippen molar-refractivity contribution < 1.29 is 0 Å². The molecule has 0 aliphatic rings. The molecule has 0 fully saturated rings. The predicted molar refractivity (Wildman–Crippen MR) is 53.8 cm³/mol.